The van der Waals surface area contributed by atoms with Crippen molar-refractivity contribution in [1.82, 2.24) is 20.4 Å². The Balaban J connectivity index is 0.000000281. The molecule has 4 aliphatic rings. The van der Waals surface area contributed by atoms with Gasteiger partial charge < -0.3 is 37.4 Å². The molecule has 0 saturated carbocycles. The van der Waals surface area contributed by atoms with E-state index in [1.54, 1.807) is 0 Å². The Morgan fingerprint density at radius 2 is 0.789 bits per heavy atom. The molecular weight excluding hydrogens is 1030 g/mol. The van der Waals surface area contributed by atoms with E-state index in [-0.39, 0.29) is 32.4 Å². The van der Waals surface area contributed by atoms with Crippen LogP contribution in [0.1, 0.15) is 133 Å². The molecule has 0 spiro atoms. The second-order valence-corrected chi connectivity index (χ2v) is 47.1. The number of hydrogen-bond donors (Lipinski definition) is 4. The maximum atomic E-state index is 13.3. The number of nitrogens with zero attached hydrogens (tertiary/aromatic N) is 2. The summed E-state index contributed by atoms with van der Waals surface area (Å²) in [4.78, 5) is 55.0. The van der Waals surface area contributed by atoms with E-state index < -0.39 is 105 Å². The minimum absolute atomic E-state index is 0.0128. The first kappa shape index (κ1) is 63.7. The fourth-order valence-corrected chi connectivity index (χ4v) is 13.6. The predicted molar refractivity (Wildman–Crippen MR) is 307 cm³/mol. The second-order valence-electron chi connectivity index (χ2n) is 28.0. The van der Waals surface area contributed by atoms with Crippen LogP contribution in [0.15, 0.2) is 60.7 Å². The van der Waals surface area contributed by atoms with E-state index in [2.05, 4.69) is 146 Å². The largest absolute Gasteiger partial charge is 0.414 e. The van der Waals surface area contributed by atoms with Gasteiger partial charge in [0.05, 0.1) is 37.5 Å². The Morgan fingerprint density at radius 3 is 1.05 bits per heavy atom. The number of ether oxygens (including phenoxy) is 2. The lowest BCUT2D eigenvalue weighted by Gasteiger charge is -2.46. The van der Waals surface area contributed by atoms with Gasteiger partial charge in [-0.1, -0.05) is 144 Å². The van der Waals surface area contributed by atoms with Crippen LogP contribution in [0.5, 0.6) is 0 Å². The van der Waals surface area contributed by atoms with Crippen molar-refractivity contribution in [3.05, 3.63) is 71.8 Å². The average Bonchev–Trinajstić information content (AvgIpc) is 3.86. The molecule has 4 N–H and O–H groups in total. The van der Waals surface area contributed by atoms with Crippen molar-refractivity contribution in [1.29, 1.82) is 0 Å². The third kappa shape index (κ3) is 13.7. The van der Waals surface area contributed by atoms with Gasteiger partial charge in [-0.15, -0.1) is 0 Å². The summed E-state index contributed by atoms with van der Waals surface area (Å²) in [5, 5.41) is 27.4. The lowest BCUT2D eigenvalue weighted by Crippen LogP contribution is -2.66. The normalized spacial score (nSPS) is 29.5. The summed E-state index contributed by atoms with van der Waals surface area (Å²) in [6, 6.07) is 15.3. The van der Waals surface area contributed by atoms with Crippen molar-refractivity contribution >= 4 is 57.1 Å². The Bertz CT molecular complexity index is 2200. The molecule has 0 radical (unpaired) electrons. The van der Waals surface area contributed by atoms with Crippen LogP contribution in [0.2, 0.25) is 72.5 Å². The number of amides is 6. The average molecular weight is 1130 g/mol. The topological polar surface area (TPSA) is 195 Å². The van der Waals surface area contributed by atoms with Crippen LogP contribution in [0.3, 0.4) is 0 Å². The molecule has 428 valence electrons. The molecule has 76 heavy (non-hydrogen) atoms. The molecule has 0 aromatic heterocycles. The number of aliphatic hydroxyl groups is 2. The summed E-state index contributed by atoms with van der Waals surface area (Å²) in [5.41, 5.74) is -2.37. The molecule has 2 aromatic carbocycles. The van der Waals surface area contributed by atoms with E-state index in [1.165, 1.54) is 23.6 Å². The molecule has 0 aliphatic carbocycles. The smallest absolute Gasteiger partial charge is 0.326 e. The SMILES string of the molecule is CC(C)(C)[Si](C)(C)OC[C@H]1O[C@@H](N2C(=O)NC(=O)[C@@](C)(O)[C@H]2c2ccccc2)C[C@@H]1O[Si](C)(C)C(C)(C)C.CC(C)(C)[Si](C)(C)OC[C@H]1O[C@@H](N2C(=O)NC(=O)[C@@](C)(O)[C@H]2c2ccccc2)C[C@@H]1O[Si](C)(C)C(C)(C)C. The zero-order valence-electron chi connectivity index (χ0n) is 50.1. The molecule has 4 heterocycles. The molecule has 16 nitrogen and oxygen atoms in total. The van der Waals surface area contributed by atoms with Crippen molar-refractivity contribution in [2.24, 2.45) is 0 Å². The zero-order valence-corrected chi connectivity index (χ0v) is 54.1. The van der Waals surface area contributed by atoms with Gasteiger partial charge in [-0.3, -0.25) is 30.0 Å². The highest BCUT2D eigenvalue weighted by Gasteiger charge is 2.58. The van der Waals surface area contributed by atoms with E-state index in [0.717, 1.165) is 0 Å². The fraction of sp³-hybridized carbons (Fsp3) is 0.714. The number of nitrogens with one attached hydrogen (secondary N) is 2. The van der Waals surface area contributed by atoms with Crippen molar-refractivity contribution in [3.63, 3.8) is 0 Å². The van der Waals surface area contributed by atoms with Gasteiger partial charge in [-0.25, -0.2) is 9.59 Å². The lowest BCUT2D eigenvalue weighted by molar-refractivity contribution is -0.159. The molecular formula is C56H96N4O12Si4. The van der Waals surface area contributed by atoms with Crippen molar-refractivity contribution in [2.45, 2.75) is 242 Å². The van der Waals surface area contributed by atoms with Crippen LogP contribution < -0.4 is 10.6 Å². The van der Waals surface area contributed by atoms with Gasteiger partial charge in [-0.05, 0) is 97.5 Å². The third-order valence-electron chi connectivity index (χ3n) is 18.0. The molecule has 6 amide bonds. The van der Waals surface area contributed by atoms with Crippen molar-refractivity contribution in [3.8, 4) is 0 Å². The molecule has 4 aliphatic heterocycles. The Labute approximate surface area is 459 Å². The highest BCUT2D eigenvalue weighted by Crippen LogP contribution is 2.47. The number of rotatable bonds is 14. The fourth-order valence-electron chi connectivity index (χ4n) is 8.85. The maximum absolute atomic E-state index is 13.3. The van der Waals surface area contributed by atoms with Crippen LogP contribution in [-0.4, -0.2) is 138 Å². The maximum Gasteiger partial charge on any atom is 0.326 e. The number of hydrogen-bond acceptors (Lipinski definition) is 12. The minimum Gasteiger partial charge on any atom is -0.414 e. The summed E-state index contributed by atoms with van der Waals surface area (Å²) in [7, 11) is -8.52. The van der Waals surface area contributed by atoms with Gasteiger partial charge in [0.1, 0.15) is 24.7 Å². The molecule has 0 unspecified atom stereocenters. The summed E-state index contributed by atoms with van der Waals surface area (Å²) in [6.07, 6.45) is -1.96. The monoisotopic (exact) mass is 1130 g/mol. The first-order valence-electron chi connectivity index (χ1n) is 27.1. The second kappa shape index (κ2) is 22.4. The van der Waals surface area contributed by atoms with Gasteiger partial charge in [0, 0.05) is 12.8 Å². The highest BCUT2D eigenvalue weighted by atomic mass is 28.4. The molecule has 0 bridgehead atoms. The number of carbonyl (C=O) groups is 4. The van der Waals surface area contributed by atoms with Crippen LogP contribution >= 0.6 is 0 Å². The van der Waals surface area contributed by atoms with E-state index >= 15 is 0 Å². The summed E-state index contributed by atoms with van der Waals surface area (Å²) < 4.78 is 40.0. The van der Waals surface area contributed by atoms with Gasteiger partial charge in [-0.2, -0.15) is 0 Å². The Hall–Kier alpha value is -3.13. The quantitative estimate of drug-likeness (QED) is 0.131. The molecule has 4 fully saturated rings. The highest BCUT2D eigenvalue weighted by molar-refractivity contribution is 6.75. The Morgan fingerprint density at radius 1 is 0.513 bits per heavy atom. The number of carbonyl (C=O) groups excluding carboxylic acids is 4. The summed E-state index contributed by atoms with van der Waals surface area (Å²) in [6.45, 7) is 47.6. The Kier molecular flexibility index (Phi) is 18.8. The lowest BCUT2D eigenvalue weighted by atomic mass is 9.86. The van der Waals surface area contributed by atoms with Crippen molar-refractivity contribution in [2.75, 3.05) is 13.2 Å². The standard InChI is InChI=1S/2C28H48N2O6Si2/c2*1-26(2,3)37(8,9)34-18-21-20(36-38(10,11)27(4,5)6)17-22(35-21)30-23(19-15-13-12-14-16-19)28(7,33)24(31)29-25(30)32/h2*12-16,20-23,33H,17-18H2,1-11H3,(H,29,31,32)/t2*20-,21+,22+,23+,28-/m00/s1. The van der Waals surface area contributed by atoms with E-state index in [1.807, 2.05) is 60.7 Å². The minimum atomic E-state index is -2.19. The van der Waals surface area contributed by atoms with Crippen LogP contribution in [0, 0.1) is 0 Å². The van der Waals surface area contributed by atoms with Gasteiger partial charge in [0.15, 0.2) is 44.5 Å². The number of benzene rings is 2. The van der Waals surface area contributed by atoms with Crippen LogP contribution in [0.4, 0.5) is 9.59 Å². The summed E-state index contributed by atoms with van der Waals surface area (Å²) >= 11 is 0. The zero-order chi connectivity index (χ0) is 57.8. The van der Waals surface area contributed by atoms with Gasteiger partial charge in [0.25, 0.3) is 11.8 Å². The third-order valence-corrected chi connectivity index (χ3v) is 36.0. The first-order chi connectivity index (χ1) is 34.4. The molecule has 4 saturated heterocycles. The first-order valence-corrected chi connectivity index (χ1v) is 38.8. The molecule has 2 aromatic rings. The van der Waals surface area contributed by atoms with E-state index in [9.17, 15) is 29.4 Å². The van der Waals surface area contributed by atoms with Crippen LogP contribution in [-0.2, 0) is 36.8 Å². The van der Waals surface area contributed by atoms with E-state index in [4.69, 9.17) is 27.2 Å². The number of imide groups is 2. The van der Waals surface area contributed by atoms with E-state index in [0.29, 0.717) is 37.2 Å². The van der Waals surface area contributed by atoms with Gasteiger partial charge in [0.2, 0.25) is 0 Å². The van der Waals surface area contributed by atoms with Crippen LogP contribution in [0.25, 0.3) is 0 Å². The molecule has 20 heteroatoms. The number of urea groups is 2. The van der Waals surface area contributed by atoms with Crippen molar-refractivity contribution < 1.29 is 56.6 Å². The predicted octanol–water partition coefficient (Wildman–Crippen LogP) is 11.1. The van der Waals surface area contributed by atoms with Gasteiger partial charge >= 0.3 is 12.1 Å². The summed E-state index contributed by atoms with van der Waals surface area (Å²) in [5.74, 6) is -1.45. The molecule has 10 atom stereocenters. The molecule has 6 rings (SSSR count).